The highest BCUT2D eigenvalue weighted by atomic mass is 19.4. The van der Waals surface area contributed by atoms with Crippen LogP contribution in [-0.4, -0.2) is 10.2 Å². The summed E-state index contributed by atoms with van der Waals surface area (Å²) < 4.78 is 37.4. The molecule has 1 aromatic carbocycles. The van der Waals surface area contributed by atoms with Gasteiger partial charge in [0.25, 0.3) is 0 Å². The Hall–Kier alpha value is -1.65. The predicted octanol–water partition coefficient (Wildman–Crippen LogP) is 2.65. The van der Waals surface area contributed by atoms with Crippen LogP contribution in [0.3, 0.4) is 0 Å². The van der Waals surface area contributed by atoms with Gasteiger partial charge in [-0.15, -0.1) is 0 Å². The molecule has 0 atom stereocenters. The molecular formula is C9H5F3N2. The number of nitrogens with zero attached hydrogens (tertiary/aromatic N) is 2. The largest absolute Gasteiger partial charge is 0.418 e. The lowest BCUT2D eigenvalue weighted by molar-refractivity contribution is -0.136. The third-order valence-electron chi connectivity index (χ3n) is 1.85. The van der Waals surface area contributed by atoms with E-state index in [2.05, 4.69) is 10.2 Å². The van der Waals surface area contributed by atoms with Crippen LogP contribution in [0, 0.1) is 0 Å². The van der Waals surface area contributed by atoms with Gasteiger partial charge in [-0.05, 0) is 6.07 Å². The maximum absolute atomic E-state index is 12.5. The monoisotopic (exact) mass is 198 g/mol. The maximum atomic E-state index is 12.5. The Kier molecular flexibility index (Phi) is 1.87. The van der Waals surface area contributed by atoms with Crippen molar-refractivity contribution in [1.29, 1.82) is 0 Å². The first-order chi connectivity index (χ1) is 6.59. The molecule has 14 heavy (non-hydrogen) atoms. The van der Waals surface area contributed by atoms with Crippen molar-refractivity contribution in [1.82, 2.24) is 10.2 Å². The molecular weight excluding hydrogens is 193 g/mol. The molecule has 0 aliphatic carbocycles. The average Bonchev–Trinajstić information content (AvgIpc) is 2.15. The Morgan fingerprint density at radius 1 is 1.07 bits per heavy atom. The molecule has 72 valence electrons. The van der Waals surface area contributed by atoms with E-state index in [-0.39, 0.29) is 10.9 Å². The second kappa shape index (κ2) is 2.94. The number of rotatable bonds is 0. The normalized spacial score (nSPS) is 11.9. The number of fused-ring (bicyclic) bond motifs is 1. The van der Waals surface area contributed by atoms with Crippen molar-refractivity contribution in [2.45, 2.75) is 6.18 Å². The summed E-state index contributed by atoms with van der Waals surface area (Å²) in [6.45, 7) is 0. The second-order valence-corrected chi connectivity index (χ2v) is 2.77. The molecule has 1 aromatic heterocycles. The van der Waals surface area contributed by atoms with Crippen LogP contribution in [-0.2, 0) is 6.18 Å². The topological polar surface area (TPSA) is 25.8 Å². The molecule has 0 saturated carbocycles. The highest BCUT2D eigenvalue weighted by molar-refractivity contribution is 5.81. The predicted molar refractivity (Wildman–Crippen MR) is 44.5 cm³/mol. The van der Waals surface area contributed by atoms with Crippen molar-refractivity contribution < 1.29 is 13.2 Å². The Balaban J connectivity index is 2.78. The second-order valence-electron chi connectivity index (χ2n) is 2.77. The van der Waals surface area contributed by atoms with Crippen molar-refractivity contribution in [2.75, 3.05) is 0 Å². The van der Waals surface area contributed by atoms with Crippen LogP contribution in [0.15, 0.2) is 30.5 Å². The van der Waals surface area contributed by atoms with Gasteiger partial charge in [0.1, 0.15) is 0 Å². The molecule has 0 bridgehead atoms. The van der Waals surface area contributed by atoms with Crippen LogP contribution in [0.5, 0.6) is 0 Å². The van der Waals surface area contributed by atoms with Crippen molar-refractivity contribution in [3.63, 3.8) is 0 Å². The Bertz CT molecular complexity index is 460. The fourth-order valence-corrected chi connectivity index (χ4v) is 1.23. The van der Waals surface area contributed by atoms with Gasteiger partial charge in [-0.2, -0.15) is 23.4 Å². The molecule has 1 heterocycles. The van der Waals surface area contributed by atoms with Crippen LogP contribution < -0.4 is 0 Å². The van der Waals surface area contributed by atoms with Gasteiger partial charge in [0.15, 0.2) is 0 Å². The lowest BCUT2D eigenvalue weighted by Gasteiger charge is -2.07. The van der Waals surface area contributed by atoms with Crippen molar-refractivity contribution >= 4 is 10.9 Å². The molecule has 2 rings (SSSR count). The molecule has 0 aliphatic rings. The fourth-order valence-electron chi connectivity index (χ4n) is 1.23. The average molecular weight is 198 g/mol. The van der Waals surface area contributed by atoms with E-state index >= 15 is 0 Å². The minimum atomic E-state index is -4.38. The van der Waals surface area contributed by atoms with Gasteiger partial charge in [-0.25, -0.2) is 0 Å². The van der Waals surface area contributed by atoms with Gasteiger partial charge in [-0.1, -0.05) is 18.2 Å². The molecule has 0 radical (unpaired) electrons. The number of aromatic nitrogens is 2. The Labute approximate surface area is 77.4 Å². The van der Waals surface area contributed by atoms with Crippen molar-refractivity contribution in [3.05, 3.63) is 36.0 Å². The van der Waals surface area contributed by atoms with E-state index in [1.807, 2.05) is 0 Å². The summed E-state index contributed by atoms with van der Waals surface area (Å²) in [5.41, 5.74) is -0.495. The van der Waals surface area contributed by atoms with Crippen LogP contribution in [0.2, 0.25) is 0 Å². The van der Waals surface area contributed by atoms with E-state index in [0.717, 1.165) is 6.20 Å². The van der Waals surface area contributed by atoms with E-state index in [1.54, 1.807) is 12.1 Å². The summed E-state index contributed by atoms with van der Waals surface area (Å²) in [7, 11) is 0. The Morgan fingerprint density at radius 3 is 2.50 bits per heavy atom. The summed E-state index contributed by atoms with van der Waals surface area (Å²) in [4.78, 5) is 0. The smallest absolute Gasteiger partial charge is 0.166 e. The first-order valence-electron chi connectivity index (χ1n) is 3.86. The summed E-state index contributed by atoms with van der Waals surface area (Å²) >= 11 is 0. The van der Waals surface area contributed by atoms with E-state index in [4.69, 9.17) is 0 Å². The van der Waals surface area contributed by atoms with Crippen LogP contribution in [0.1, 0.15) is 5.56 Å². The minimum absolute atomic E-state index is 0.0787. The highest BCUT2D eigenvalue weighted by Crippen LogP contribution is 2.32. The first kappa shape index (κ1) is 8.93. The fraction of sp³-hybridized carbons (Fsp3) is 0.111. The zero-order chi connectivity index (χ0) is 10.2. The van der Waals surface area contributed by atoms with Crippen LogP contribution in [0.4, 0.5) is 13.2 Å². The SMILES string of the molecule is FC(F)(F)c1cnnc2ccccc12. The molecule has 2 aromatic rings. The van der Waals surface area contributed by atoms with E-state index in [9.17, 15) is 13.2 Å². The lowest BCUT2D eigenvalue weighted by atomic mass is 10.1. The van der Waals surface area contributed by atoms with Gasteiger partial charge in [0.05, 0.1) is 17.3 Å². The van der Waals surface area contributed by atoms with Gasteiger partial charge in [-0.3, -0.25) is 0 Å². The van der Waals surface area contributed by atoms with Crippen LogP contribution >= 0.6 is 0 Å². The molecule has 0 spiro atoms. The minimum Gasteiger partial charge on any atom is -0.166 e. The number of hydrogen-bond donors (Lipinski definition) is 0. The Morgan fingerprint density at radius 2 is 1.79 bits per heavy atom. The van der Waals surface area contributed by atoms with Crippen LogP contribution in [0.25, 0.3) is 10.9 Å². The lowest BCUT2D eigenvalue weighted by Crippen LogP contribution is -2.07. The quantitative estimate of drug-likeness (QED) is 0.650. The number of halogens is 3. The number of benzene rings is 1. The molecule has 0 unspecified atom stereocenters. The van der Waals surface area contributed by atoms with Gasteiger partial charge in [0, 0.05) is 5.39 Å². The van der Waals surface area contributed by atoms with E-state index in [0.29, 0.717) is 0 Å². The third-order valence-corrected chi connectivity index (χ3v) is 1.85. The molecule has 0 fully saturated rings. The zero-order valence-corrected chi connectivity index (χ0v) is 6.92. The van der Waals surface area contributed by atoms with E-state index < -0.39 is 11.7 Å². The molecule has 0 saturated heterocycles. The summed E-state index contributed by atoms with van der Waals surface area (Å²) in [6, 6.07) is 6.04. The van der Waals surface area contributed by atoms with Crippen molar-refractivity contribution in [2.24, 2.45) is 0 Å². The molecule has 0 N–H and O–H groups in total. The number of alkyl halides is 3. The summed E-state index contributed by atoms with van der Waals surface area (Å²) in [5.74, 6) is 0. The van der Waals surface area contributed by atoms with E-state index in [1.165, 1.54) is 12.1 Å². The third kappa shape index (κ3) is 1.41. The highest BCUT2D eigenvalue weighted by Gasteiger charge is 2.33. The van der Waals surface area contributed by atoms with Gasteiger partial charge in [0.2, 0.25) is 0 Å². The zero-order valence-electron chi connectivity index (χ0n) is 6.92. The number of hydrogen-bond acceptors (Lipinski definition) is 2. The van der Waals surface area contributed by atoms with Gasteiger partial charge < -0.3 is 0 Å². The summed E-state index contributed by atoms with van der Waals surface area (Å²) in [5, 5.41) is 6.99. The van der Waals surface area contributed by atoms with Gasteiger partial charge >= 0.3 is 6.18 Å². The first-order valence-corrected chi connectivity index (χ1v) is 3.86. The molecule has 0 aliphatic heterocycles. The molecule has 2 nitrogen and oxygen atoms in total. The molecule has 5 heteroatoms. The maximum Gasteiger partial charge on any atom is 0.418 e. The molecule has 0 amide bonds. The standard InChI is InChI=1S/C9H5F3N2/c10-9(11,12)7-5-13-14-8-4-2-1-3-6(7)8/h1-5H. The summed E-state index contributed by atoms with van der Waals surface area (Å²) in [6.07, 6.45) is -3.64. The van der Waals surface area contributed by atoms with Crippen molar-refractivity contribution in [3.8, 4) is 0 Å².